The number of hydrogen-bond donors (Lipinski definition) is 1. The second kappa shape index (κ2) is 7.84. The molecule has 4 heteroatoms. The number of nitrogen functional groups attached to an aromatic ring is 1. The van der Waals surface area contributed by atoms with Gasteiger partial charge in [-0.3, -0.25) is 10.1 Å². The maximum absolute atomic E-state index is 10.9. The Bertz CT molecular complexity index is 1230. The molecule has 0 saturated carbocycles. The van der Waals surface area contributed by atoms with Crippen LogP contribution in [0.15, 0.2) is 84.9 Å². The van der Waals surface area contributed by atoms with Gasteiger partial charge in [0.25, 0.3) is 5.69 Å². The van der Waals surface area contributed by atoms with E-state index in [-0.39, 0.29) is 10.6 Å². The first-order valence-electron chi connectivity index (χ1n) is 9.75. The zero-order valence-electron chi connectivity index (χ0n) is 16.9. The van der Waals surface area contributed by atoms with Gasteiger partial charge in [0.15, 0.2) is 0 Å². The molecule has 0 aliphatic heterocycles. The van der Waals surface area contributed by atoms with Gasteiger partial charge in [-0.05, 0) is 94.8 Å². The summed E-state index contributed by atoms with van der Waals surface area (Å²) in [6, 6.07) is 27.4. The van der Waals surface area contributed by atoms with Gasteiger partial charge < -0.3 is 5.73 Å². The largest absolute Gasteiger partial charge is 0.399 e. The Labute approximate surface area is 175 Å². The van der Waals surface area contributed by atoms with Crippen LogP contribution in [0.1, 0.15) is 11.1 Å². The molecule has 30 heavy (non-hydrogen) atoms. The van der Waals surface area contributed by atoms with Crippen LogP contribution < -0.4 is 5.73 Å². The first-order valence-corrected chi connectivity index (χ1v) is 9.75. The molecule has 4 nitrogen and oxygen atoms in total. The van der Waals surface area contributed by atoms with Crippen LogP contribution in [0.5, 0.6) is 0 Å². The third kappa shape index (κ3) is 3.80. The van der Waals surface area contributed by atoms with Crippen molar-refractivity contribution in [1.82, 2.24) is 0 Å². The molecule has 0 aliphatic carbocycles. The van der Waals surface area contributed by atoms with E-state index in [1.807, 2.05) is 24.3 Å². The number of anilines is 1. The van der Waals surface area contributed by atoms with Crippen molar-refractivity contribution in [3.8, 4) is 33.4 Å². The normalized spacial score (nSPS) is 10.7. The standard InChI is InChI=1S/C26H22N2O2/c1-17-3-5-21(19-7-11-23(27)12-8-19)15-25(17)26-16-22(6-4-18(26)2)20-9-13-24(14-10-20)28(29)30/h3-16H,27H2,1-2H3. The Kier molecular flexibility index (Phi) is 5.07. The molecule has 0 bridgehead atoms. The molecule has 0 fully saturated rings. The molecule has 0 heterocycles. The molecule has 148 valence electrons. The number of rotatable bonds is 4. The van der Waals surface area contributed by atoms with Gasteiger partial charge >= 0.3 is 0 Å². The minimum atomic E-state index is -0.379. The van der Waals surface area contributed by atoms with Crippen molar-refractivity contribution in [2.24, 2.45) is 0 Å². The first kappa shape index (κ1) is 19.4. The molecular weight excluding hydrogens is 372 g/mol. The second-order valence-electron chi connectivity index (χ2n) is 7.49. The van der Waals surface area contributed by atoms with E-state index in [2.05, 4.69) is 50.2 Å². The number of nitro benzene ring substituents is 1. The number of non-ortho nitro benzene ring substituents is 1. The van der Waals surface area contributed by atoms with E-state index in [1.165, 1.54) is 16.7 Å². The average Bonchev–Trinajstić information content (AvgIpc) is 2.75. The highest BCUT2D eigenvalue weighted by molar-refractivity contribution is 5.81. The summed E-state index contributed by atoms with van der Waals surface area (Å²) >= 11 is 0. The van der Waals surface area contributed by atoms with E-state index < -0.39 is 0 Å². The topological polar surface area (TPSA) is 69.2 Å². The monoisotopic (exact) mass is 394 g/mol. The summed E-state index contributed by atoms with van der Waals surface area (Å²) in [5, 5.41) is 10.9. The van der Waals surface area contributed by atoms with Crippen molar-refractivity contribution >= 4 is 11.4 Å². The lowest BCUT2D eigenvalue weighted by Crippen LogP contribution is -1.91. The summed E-state index contributed by atoms with van der Waals surface area (Å²) in [4.78, 5) is 10.6. The average molecular weight is 394 g/mol. The molecule has 4 aromatic carbocycles. The number of nitro groups is 1. The summed E-state index contributed by atoms with van der Waals surface area (Å²) in [5.74, 6) is 0. The fraction of sp³-hybridized carbons (Fsp3) is 0.0769. The van der Waals surface area contributed by atoms with Gasteiger partial charge in [-0.15, -0.1) is 0 Å². The van der Waals surface area contributed by atoms with Crippen LogP contribution in [-0.2, 0) is 0 Å². The van der Waals surface area contributed by atoms with Gasteiger partial charge in [-0.25, -0.2) is 0 Å². The third-order valence-corrected chi connectivity index (χ3v) is 5.42. The van der Waals surface area contributed by atoms with Crippen molar-refractivity contribution in [2.45, 2.75) is 13.8 Å². The first-order chi connectivity index (χ1) is 14.4. The highest BCUT2D eigenvalue weighted by Crippen LogP contribution is 2.34. The van der Waals surface area contributed by atoms with Crippen LogP contribution in [-0.4, -0.2) is 4.92 Å². The van der Waals surface area contributed by atoms with E-state index in [0.29, 0.717) is 0 Å². The SMILES string of the molecule is Cc1ccc(-c2ccc(N)cc2)cc1-c1cc(-c2ccc([N+](=O)[O-])cc2)ccc1C. The highest BCUT2D eigenvalue weighted by atomic mass is 16.6. The molecule has 0 spiro atoms. The van der Waals surface area contributed by atoms with E-state index in [9.17, 15) is 10.1 Å². The lowest BCUT2D eigenvalue weighted by Gasteiger charge is -2.14. The van der Waals surface area contributed by atoms with Gasteiger partial charge in [0.2, 0.25) is 0 Å². The van der Waals surface area contributed by atoms with E-state index >= 15 is 0 Å². The minimum absolute atomic E-state index is 0.0955. The number of nitrogens with zero attached hydrogens (tertiary/aromatic N) is 1. The summed E-state index contributed by atoms with van der Waals surface area (Å²) in [6.07, 6.45) is 0. The number of benzene rings is 4. The summed E-state index contributed by atoms with van der Waals surface area (Å²) in [6.45, 7) is 4.21. The zero-order chi connectivity index (χ0) is 21.3. The predicted octanol–water partition coefficient (Wildman–Crippen LogP) is 6.79. The quantitative estimate of drug-likeness (QED) is 0.235. The van der Waals surface area contributed by atoms with Gasteiger partial charge in [-0.1, -0.05) is 36.4 Å². The summed E-state index contributed by atoms with van der Waals surface area (Å²) in [7, 11) is 0. The van der Waals surface area contributed by atoms with Crippen LogP contribution in [0.3, 0.4) is 0 Å². The highest BCUT2D eigenvalue weighted by Gasteiger charge is 2.11. The Morgan fingerprint density at radius 3 is 1.47 bits per heavy atom. The maximum Gasteiger partial charge on any atom is 0.269 e. The fourth-order valence-corrected chi connectivity index (χ4v) is 3.63. The van der Waals surface area contributed by atoms with E-state index in [1.54, 1.807) is 24.3 Å². The number of hydrogen-bond acceptors (Lipinski definition) is 3. The number of aryl methyl sites for hydroxylation is 2. The molecule has 4 rings (SSSR count). The lowest BCUT2D eigenvalue weighted by molar-refractivity contribution is -0.384. The molecule has 0 radical (unpaired) electrons. The van der Waals surface area contributed by atoms with Crippen molar-refractivity contribution < 1.29 is 4.92 Å². The van der Waals surface area contributed by atoms with Gasteiger partial charge in [-0.2, -0.15) is 0 Å². The molecule has 4 aromatic rings. The van der Waals surface area contributed by atoms with Crippen molar-refractivity contribution in [3.05, 3.63) is 106 Å². The van der Waals surface area contributed by atoms with Crippen molar-refractivity contribution in [3.63, 3.8) is 0 Å². The third-order valence-electron chi connectivity index (χ3n) is 5.42. The predicted molar refractivity (Wildman–Crippen MR) is 123 cm³/mol. The lowest BCUT2D eigenvalue weighted by atomic mass is 9.90. The van der Waals surface area contributed by atoms with E-state index in [0.717, 1.165) is 33.5 Å². The Hall–Kier alpha value is -3.92. The van der Waals surface area contributed by atoms with Gasteiger partial charge in [0, 0.05) is 17.8 Å². The molecule has 0 unspecified atom stereocenters. The Morgan fingerprint density at radius 1 is 0.633 bits per heavy atom. The van der Waals surface area contributed by atoms with Crippen LogP contribution in [0, 0.1) is 24.0 Å². The van der Waals surface area contributed by atoms with Gasteiger partial charge in [0.05, 0.1) is 4.92 Å². The van der Waals surface area contributed by atoms with Crippen molar-refractivity contribution in [1.29, 1.82) is 0 Å². The molecule has 0 atom stereocenters. The summed E-state index contributed by atoms with van der Waals surface area (Å²) in [5.41, 5.74) is 15.6. The molecular formula is C26H22N2O2. The maximum atomic E-state index is 10.9. The molecule has 0 aromatic heterocycles. The minimum Gasteiger partial charge on any atom is -0.399 e. The van der Waals surface area contributed by atoms with Gasteiger partial charge in [0.1, 0.15) is 0 Å². The van der Waals surface area contributed by atoms with Crippen LogP contribution in [0.2, 0.25) is 0 Å². The van der Waals surface area contributed by atoms with Crippen LogP contribution >= 0.6 is 0 Å². The smallest absolute Gasteiger partial charge is 0.269 e. The molecule has 0 amide bonds. The fourth-order valence-electron chi connectivity index (χ4n) is 3.63. The second-order valence-corrected chi connectivity index (χ2v) is 7.49. The zero-order valence-corrected chi connectivity index (χ0v) is 16.9. The van der Waals surface area contributed by atoms with Crippen LogP contribution in [0.4, 0.5) is 11.4 Å². The molecule has 0 saturated heterocycles. The Morgan fingerprint density at radius 2 is 1.03 bits per heavy atom. The van der Waals surface area contributed by atoms with Crippen LogP contribution in [0.25, 0.3) is 33.4 Å². The van der Waals surface area contributed by atoms with Crippen molar-refractivity contribution in [2.75, 3.05) is 5.73 Å². The Balaban J connectivity index is 1.78. The van der Waals surface area contributed by atoms with E-state index in [4.69, 9.17) is 5.73 Å². The summed E-state index contributed by atoms with van der Waals surface area (Å²) < 4.78 is 0. The molecule has 0 aliphatic rings. The number of nitrogens with two attached hydrogens (primary N) is 1. The molecule has 2 N–H and O–H groups in total.